The Bertz CT molecular complexity index is 163. The molecule has 14 heavy (non-hydrogen) atoms. The Kier molecular flexibility index (Phi) is 8.07. The van der Waals surface area contributed by atoms with Crippen molar-refractivity contribution >= 4 is 11.7 Å². The fraction of sp³-hybridized carbons (Fsp3) is 0.778. The second kappa shape index (κ2) is 8.65. The third kappa shape index (κ3) is 7.70. The number of amides is 1. The van der Waals surface area contributed by atoms with Crippen molar-refractivity contribution in [1.29, 1.82) is 0 Å². The lowest BCUT2D eigenvalue weighted by Crippen LogP contribution is -2.29. The molecule has 0 aliphatic heterocycles. The van der Waals surface area contributed by atoms with Crippen molar-refractivity contribution in [2.45, 2.75) is 25.7 Å². The van der Waals surface area contributed by atoms with E-state index < -0.39 is 0 Å². The summed E-state index contributed by atoms with van der Waals surface area (Å²) in [5, 5.41) is 2.60. The molecule has 0 aromatic heterocycles. The maximum absolute atomic E-state index is 11.1. The highest BCUT2D eigenvalue weighted by atomic mass is 16.2. The van der Waals surface area contributed by atoms with Crippen LogP contribution in [0.1, 0.15) is 25.7 Å². The van der Waals surface area contributed by atoms with Crippen molar-refractivity contribution in [3.8, 4) is 0 Å². The monoisotopic (exact) mass is 201 g/mol. The Morgan fingerprint density at radius 2 is 1.71 bits per heavy atom. The molecule has 0 atom stereocenters. The van der Waals surface area contributed by atoms with Crippen LogP contribution in [0.4, 0.5) is 0 Å². The van der Waals surface area contributed by atoms with E-state index in [1.807, 2.05) is 0 Å². The van der Waals surface area contributed by atoms with Crippen LogP contribution in [0.25, 0.3) is 0 Å². The predicted molar refractivity (Wildman–Crippen MR) is 54.6 cm³/mol. The van der Waals surface area contributed by atoms with E-state index in [0.29, 0.717) is 38.9 Å². The van der Waals surface area contributed by atoms with E-state index in [9.17, 15) is 9.59 Å². The van der Waals surface area contributed by atoms with Gasteiger partial charge in [0.1, 0.15) is 5.78 Å². The van der Waals surface area contributed by atoms with Gasteiger partial charge in [0.15, 0.2) is 0 Å². The molecule has 0 aliphatic rings. The van der Waals surface area contributed by atoms with E-state index in [1.165, 1.54) is 0 Å². The Labute approximate surface area is 84.2 Å². The van der Waals surface area contributed by atoms with Gasteiger partial charge in [-0.05, 0) is 13.0 Å². The second-order valence-electron chi connectivity index (χ2n) is 3.07. The third-order valence-electron chi connectivity index (χ3n) is 1.76. The summed E-state index contributed by atoms with van der Waals surface area (Å²) < 4.78 is 0. The summed E-state index contributed by atoms with van der Waals surface area (Å²) in [7, 11) is 0. The molecule has 0 bridgehead atoms. The first-order chi connectivity index (χ1) is 6.70. The minimum absolute atomic E-state index is 0.0957. The van der Waals surface area contributed by atoms with E-state index in [-0.39, 0.29) is 18.1 Å². The number of nitrogens with two attached hydrogens (primary N) is 2. The van der Waals surface area contributed by atoms with E-state index in [4.69, 9.17) is 11.5 Å². The van der Waals surface area contributed by atoms with Gasteiger partial charge in [0.05, 0.1) is 0 Å². The van der Waals surface area contributed by atoms with Gasteiger partial charge in [-0.1, -0.05) is 0 Å². The molecule has 5 heteroatoms. The first-order valence-electron chi connectivity index (χ1n) is 4.89. The van der Waals surface area contributed by atoms with Gasteiger partial charge in [-0.2, -0.15) is 0 Å². The van der Waals surface area contributed by atoms with Gasteiger partial charge in [-0.15, -0.1) is 0 Å². The summed E-state index contributed by atoms with van der Waals surface area (Å²) >= 11 is 0. The molecule has 0 aromatic rings. The predicted octanol–water partition coefficient (Wildman–Crippen LogP) is -0.850. The molecule has 5 N–H and O–H groups in total. The average molecular weight is 201 g/mol. The molecule has 0 heterocycles. The molecular weight excluding hydrogens is 182 g/mol. The molecule has 0 spiro atoms. The maximum atomic E-state index is 11.1. The van der Waals surface area contributed by atoms with Crippen LogP contribution in [0.5, 0.6) is 0 Å². The number of Topliss-reactive ketones (excluding diaryl/α,β-unsaturated/α-hetero) is 1. The number of rotatable bonds is 8. The summed E-state index contributed by atoms with van der Waals surface area (Å²) in [5.41, 5.74) is 10.5. The molecule has 0 unspecified atom stereocenters. The van der Waals surface area contributed by atoms with Gasteiger partial charge >= 0.3 is 0 Å². The van der Waals surface area contributed by atoms with Crippen molar-refractivity contribution < 1.29 is 9.59 Å². The molecular formula is C9H19N3O2. The summed E-state index contributed by atoms with van der Waals surface area (Å²) in [6, 6.07) is 0. The Hall–Kier alpha value is -0.940. The zero-order chi connectivity index (χ0) is 10.8. The lowest BCUT2D eigenvalue weighted by atomic mass is 10.1. The minimum Gasteiger partial charge on any atom is -0.355 e. The van der Waals surface area contributed by atoms with Crippen LogP contribution in [0.15, 0.2) is 0 Å². The highest BCUT2D eigenvalue weighted by Gasteiger charge is 2.05. The third-order valence-corrected chi connectivity index (χ3v) is 1.76. The van der Waals surface area contributed by atoms with Crippen LogP contribution in [-0.4, -0.2) is 31.3 Å². The lowest BCUT2D eigenvalue weighted by Gasteiger charge is -2.02. The van der Waals surface area contributed by atoms with E-state index >= 15 is 0 Å². The summed E-state index contributed by atoms with van der Waals surface area (Å²) in [6.45, 7) is 1.41. The van der Waals surface area contributed by atoms with Crippen LogP contribution in [0.3, 0.4) is 0 Å². The zero-order valence-electron chi connectivity index (χ0n) is 8.42. The van der Waals surface area contributed by atoms with Gasteiger partial charge in [-0.3, -0.25) is 9.59 Å². The minimum atomic E-state index is -0.114. The molecule has 5 nitrogen and oxygen atoms in total. The van der Waals surface area contributed by atoms with Gasteiger partial charge < -0.3 is 16.8 Å². The lowest BCUT2D eigenvalue weighted by molar-refractivity contribution is -0.125. The van der Waals surface area contributed by atoms with Crippen molar-refractivity contribution in [1.82, 2.24) is 5.32 Å². The molecule has 1 amide bonds. The molecule has 0 saturated heterocycles. The van der Waals surface area contributed by atoms with Gasteiger partial charge in [0, 0.05) is 32.4 Å². The number of carbonyl (C=O) groups excluding carboxylic acids is 2. The molecule has 0 saturated carbocycles. The van der Waals surface area contributed by atoms with Gasteiger partial charge in [-0.25, -0.2) is 0 Å². The summed E-state index contributed by atoms with van der Waals surface area (Å²) in [6.07, 6.45) is 1.73. The molecule has 82 valence electrons. The topological polar surface area (TPSA) is 98.2 Å². The summed E-state index contributed by atoms with van der Waals surface area (Å²) in [5.74, 6) is -0.0186. The van der Waals surface area contributed by atoms with Crippen LogP contribution < -0.4 is 16.8 Å². The van der Waals surface area contributed by atoms with E-state index in [0.717, 1.165) is 0 Å². The Morgan fingerprint density at radius 3 is 2.29 bits per heavy atom. The van der Waals surface area contributed by atoms with Crippen molar-refractivity contribution in [2.24, 2.45) is 11.5 Å². The standard InChI is InChI=1S/C9H19N3O2/c10-5-1-2-8(13)3-4-9(14)12-7-6-11/h1-7,10-11H2,(H,12,14). The largest absolute Gasteiger partial charge is 0.355 e. The Morgan fingerprint density at radius 1 is 1.00 bits per heavy atom. The van der Waals surface area contributed by atoms with Crippen LogP contribution in [0.2, 0.25) is 0 Å². The SMILES string of the molecule is NCCCC(=O)CCC(=O)NCCN. The molecule has 0 radical (unpaired) electrons. The van der Waals surface area contributed by atoms with Crippen molar-refractivity contribution in [3.05, 3.63) is 0 Å². The van der Waals surface area contributed by atoms with E-state index in [2.05, 4.69) is 5.32 Å². The fourth-order valence-corrected chi connectivity index (χ4v) is 0.977. The number of nitrogens with one attached hydrogen (secondary N) is 1. The molecule has 0 rings (SSSR count). The van der Waals surface area contributed by atoms with Crippen LogP contribution >= 0.6 is 0 Å². The zero-order valence-corrected chi connectivity index (χ0v) is 8.42. The number of hydrogen-bond acceptors (Lipinski definition) is 4. The van der Waals surface area contributed by atoms with Gasteiger partial charge in [0.25, 0.3) is 0 Å². The normalized spacial score (nSPS) is 9.86. The highest BCUT2D eigenvalue weighted by molar-refractivity contribution is 5.84. The smallest absolute Gasteiger partial charge is 0.220 e. The van der Waals surface area contributed by atoms with Gasteiger partial charge in [0.2, 0.25) is 5.91 Å². The maximum Gasteiger partial charge on any atom is 0.220 e. The Balaban J connectivity index is 3.41. The number of hydrogen-bond donors (Lipinski definition) is 3. The first-order valence-corrected chi connectivity index (χ1v) is 4.89. The van der Waals surface area contributed by atoms with Crippen LogP contribution in [0, 0.1) is 0 Å². The highest BCUT2D eigenvalue weighted by Crippen LogP contribution is 1.97. The molecule has 0 fully saturated rings. The number of carbonyl (C=O) groups is 2. The summed E-state index contributed by atoms with van der Waals surface area (Å²) in [4.78, 5) is 22.2. The fourth-order valence-electron chi connectivity index (χ4n) is 0.977. The first kappa shape index (κ1) is 13.1. The van der Waals surface area contributed by atoms with Crippen molar-refractivity contribution in [2.75, 3.05) is 19.6 Å². The second-order valence-corrected chi connectivity index (χ2v) is 3.07. The van der Waals surface area contributed by atoms with Crippen LogP contribution in [-0.2, 0) is 9.59 Å². The number of ketones is 1. The quantitative estimate of drug-likeness (QED) is 0.476. The van der Waals surface area contributed by atoms with Crippen molar-refractivity contribution in [3.63, 3.8) is 0 Å². The molecule has 0 aromatic carbocycles. The van der Waals surface area contributed by atoms with E-state index in [1.54, 1.807) is 0 Å². The average Bonchev–Trinajstić information content (AvgIpc) is 2.20. The molecule has 0 aliphatic carbocycles.